The van der Waals surface area contributed by atoms with Gasteiger partial charge in [-0.1, -0.05) is 19.3 Å². The maximum absolute atomic E-state index is 10.9. The third-order valence-corrected chi connectivity index (χ3v) is 3.60. The first-order valence-corrected chi connectivity index (χ1v) is 6.63. The second-order valence-corrected chi connectivity index (χ2v) is 5.18. The Morgan fingerprint density at radius 1 is 1.35 bits per heavy atom. The van der Waals surface area contributed by atoms with Crippen LogP contribution in [0.5, 0.6) is 5.75 Å². The molecule has 0 amide bonds. The van der Waals surface area contributed by atoms with Gasteiger partial charge in [-0.05, 0) is 25.0 Å². The molecule has 0 atom stereocenters. The molecule has 1 saturated carbocycles. The molecule has 1 N–H and O–H groups in total. The molecular weight excluding hydrogens is 262 g/mol. The number of aldehydes is 1. The van der Waals surface area contributed by atoms with Crippen molar-refractivity contribution in [2.24, 2.45) is 0 Å². The number of carbonyl (C=O) groups is 1. The minimum Gasteiger partial charge on any atom is -0.484 e. The molecule has 1 aromatic carbocycles. The van der Waals surface area contributed by atoms with Gasteiger partial charge in [0.1, 0.15) is 12.9 Å². The topological polar surface area (TPSA) is 89.7 Å². The van der Waals surface area contributed by atoms with E-state index in [9.17, 15) is 20.0 Å². The summed E-state index contributed by atoms with van der Waals surface area (Å²) in [5.41, 5.74) is -0.820. The van der Waals surface area contributed by atoms with Gasteiger partial charge in [-0.2, -0.15) is 0 Å². The first-order chi connectivity index (χ1) is 9.54. The van der Waals surface area contributed by atoms with Crippen molar-refractivity contribution in [1.82, 2.24) is 0 Å². The summed E-state index contributed by atoms with van der Waals surface area (Å²) in [6, 6.07) is 3.94. The average molecular weight is 279 g/mol. The van der Waals surface area contributed by atoms with E-state index in [-0.39, 0.29) is 18.0 Å². The molecule has 0 radical (unpaired) electrons. The minimum atomic E-state index is -0.927. The van der Waals surface area contributed by atoms with Crippen LogP contribution in [0, 0.1) is 10.1 Å². The molecule has 0 saturated heterocycles. The quantitative estimate of drug-likeness (QED) is 0.508. The summed E-state index contributed by atoms with van der Waals surface area (Å²) in [7, 11) is 0. The summed E-state index contributed by atoms with van der Waals surface area (Å²) >= 11 is 0. The highest BCUT2D eigenvalue weighted by Gasteiger charge is 2.31. The van der Waals surface area contributed by atoms with E-state index >= 15 is 0 Å². The molecule has 0 aliphatic heterocycles. The molecule has 6 nitrogen and oxygen atoms in total. The zero-order valence-corrected chi connectivity index (χ0v) is 11.1. The highest BCUT2D eigenvalue weighted by atomic mass is 16.6. The zero-order chi connectivity index (χ0) is 14.6. The van der Waals surface area contributed by atoms with Gasteiger partial charge in [0.25, 0.3) is 0 Å². The molecule has 0 unspecified atom stereocenters. The largest absolute Gasteiger partial charge is 0.484 e. The Kier molecular flexibility index (Phi) is 4.34. The molecule has 1 aliphatic rings. The van der Waals surface area contributed by atoms with E-state index in [0.29, 0.717) is 24.7 Å². The molecule has 1 aliphatic carbocycles. The summed E-state index contributed by atoms with van der Waals surface area (Å²) in [6.45, 7) is 0.0101. The average Bonchev–Trinajstić information content (AvgIpc) is 2.45. The predicted molar refractivity (Wildman–Crippen MR) is 72.0 cm³/mol. The van der Waals surface area contributed by atoms with Crippen LogP contribution in [-0.2, 0) is 0 Å². The van der Waals surface area contributed by atoms with Crippen LogP contribution < -0.4 is 4.74 Å². The number of aliphatic hydroxyl groups is 1. The Labute approximate surface area is 116 Å². The van der Waals surface area contributed by atoms with Gasteiger partial charge in [0.05, 0.1) is 10.5 Å². The maximum atomic E-state index is 10.9. The predicted octanol–water partition coefficient (Wildman–Crippen LogP) is 2.48. The SMILES string of the molecule is O=Cc1ccc([N+](=O)[O-])c(OCC2(O)CCCCC2)c1. The molecule has 2 rings (SSSR count). The lowest BCUT2D eigenvalue weighted by atomic mass is 9.85. The van der Waals surface area contributed by atoms with Gasteiger partial charge in [0, 0.05) is 11.6 Å². The van der Waals surface area contributed by atoms with Gasteiger partial charge >= 0.3 is 5.69 Å². The maximum Gasteiger partial charge on any atom is 0.310 e. The lowest BCUT2D eigenvalue weighted by molar-refractivity contribution is -0.386. The van der Waals surface area contributed by atoms with Crippen molar-refractivity contribution in [3.63, 3.8) is 0 Å². The van der Waals surface area contributed by atoms with Gasteiger partial charge in [0.15, 0.2) is 5.75 Å². The molecule has 0 bridgehead atoms. The summed E-state index contributed by atoms with van der Waals surface area (Å²) in [4.78, 5) is 21.1. The third kappa shape index (κ3) is 3.33. The highest BCUT2D eigenvalue weighted by Crippen LogP contribution is 2.32. The molecule has 20 heavy (non-hydrogen) atoms. The minimum absolute atomic E-state index is 0.0101. The van der Waals surface area contributed by atoms with E-state index in [1.54, 1.807) is 0 Å². The van der Waals surface area contributed by atoms with Crippen LogP contribution in [0.2, 0.25) is 0 Å². The van der Waals surface area contributed by atoms with E-state index in [1.807, 2.05) is 0 Å². The molecule has 6 heteroatoms. The normalized spacial score (nSPS) is 17.4. The van der Waals surface area contributed by atoms with Crippen molar-refractivity contribution in [3.05, 3.63) is 33.9 Å². The Hall–Kier alpha value is -1.95. The fraction of sp³-hybridized carbons (Fsp3) is 0.500. The van der Waals surface area contributed by atoms with Crippen molar-refractivity contribution < 1.29 is 19.6 Å². The summed E-state index contributed by atoms with van der Waals surface area (Å²) in [5, 5.41) is 21.3. The monoisotopic (exact) mass is 279 g/mol. The number of nitro groups is 1. The Bertz CT molecular complexity index is 508. The lowest BCUT2D eigenvalue weighted by Crippen LogP contribution is -2.38. The van der Waals surface area contributed by atoms with Crippen LogP contribution in [0.4, 0.5) is 5.69 Å². The number of carbonyl (C=O) groups excluding carboxylic acids is 1. The van der Waals surface area contributed by atoms with Crippen molar-refractivity contribution in [1.29, 1.82) is 0 Å². The Balaban J connectivity index is 2.14. The van der Waals surface area contributed by atoms with Crippen LogP contribution in [0.15, 0.2) is 18.2 Å². The van der Waals surface area contributed by atoms with Crippen LogP contribution in [0.25, 0.3) is 0 Å². The van der Waals surface area contributed by atoms with E-state index in [4.69, 9.17) is 4.74 Å². The second-order valence-electron chi connectivity index (χ2n) is 5.18. The van der Waals surface area contributed by atoms with Crippen molar-refractivity contribution in [3.8, 4) is 5.75 Å². The Morgan fingerprint density at radius 2 is 2.05 bits per heavy atom. The fourth-order valence-corrected chi connectivity index (χ4v) is 2.44. The van der Waals surface area contributed by atoms with Crippen LogP contribution >= 0.6 is 0 Å². The van der Waals surface area contributed by atoms with Crippen LogP contribution in [0.3, 0.4) is 0 Å². The summed E-state index contributed by atoms with van der Waals surface area (Å²) in [6.07, 6.45) is 4.81. The first-order valence-electron chi connectivity index (χ1n) is 6.63. The molecule has 0 spiro atoms. The van der Waals surface area contributed by atoms with Crippen LogP contribution in [-0.4, -0.2) is 28.5 Å². The van der Waals surface area contributed by atoms with Crippen molar-refractivity contribution in [2.45, 2.75) is 37.7 Å². The lowest BCUT2D eigenvalue weighted by Gasteiger charge is -2.31. The van der Waals surface area contributed by atoms with Crippen LogP contribution in [0.1, 0.15) is 42.5 Å². The third-order valence-electron chi connectivity index (χ3n) is 3.60. The number of nitrogens with zero attached hydrogens (tertiary/aromatic N) is 1. The number of nitro benzene ring substituents is 1. The molecule has 1 aromatic rings. The summed E-state index contributed by atoms with van der Waals surface area (Å²) < 4.78 is 5.43. The molecule has 1 fully saturated rings. The smallest absolute Gasteiger partial charge is 0.310 e. The number of rotatable bonds is 5. The fourth-order valence-electron chi connectivity index (χ4n) is 2.44. The first kappa shape index (κ1) is 14.5. The molecule has 108 valence electrons. The van der Waals surface area contributed by atoms with Gasteiger partial charge in [-0.15, -0.1) is 0 Å². The number of ether oxygens (including phenoxy) is 1. The van der Waals surface area contributed by atoms with Gasteiger partial charge < -0.3 is 9.84 Å². The number of hydrogen-bond acceptors (Lipinski definition) is 5. The van der Waals surface area contributed by atoms with E-state index in [1.165, 1.54) is 18.2 Å². The summed E-state index contributed by atoms with van der Waals surface area (Å²) in [5.74, 6) is 0.0265. The molecule has 0 heterocycles. The van der Waals surface area contributed by atoms with E-state index < -0.39 is 10.5 Å². The molecule has 0 aromatic heterocycles. The highest BCUT2D eigenvalue weighted by molar-refractivity contribution is 5.76. The van der Waals surface area contributed by atoms with Gasteiger partial charge in [-0.3, -0.25) is 14.9 Å². The standard InChI is InChI=1S/C14H17NO5/c16-9-11-4-5-12(15(18)19)13(8-11)20-10-14(17)6-2-1-3-7-14/h4-5,8-9,17H,1-3,6-7,10H2. The number of benzene rings is 1. The van der Waals surface area contributed by atoms with Gasteiger partial charge in [-0.25, -0.2) is 0 Å². The van der Waals surface area contributed by atoms with Gasteiger partial charge in [0.2, 0.25) is 0 Å². The van der Waals surface area contributed by atoms with E-state index in [2.05, 4.69) is 0 Å². The van der Waals surface area contributed by atoms with Crippen molar-refractivity contribution >= 4 is 12.0 Å². The second kappa shape index (κ2) is 6.00. The number of hydrogen-bond donors (Lipinski definition) is 1. The van der Waals surface area contributed by atoms with Crippen molar-refractivity contribution in [2.75, 3.05) is 6.61 Å². The van der Waals surface area contributed by atoms with E-state index in [0.717, 1.165) is 19.3 Å². The Morgan fingerprint density at radius 3 is 2.65 bits per heavy atom. The molecular formula is C14H17NO5. The zero-order valence-electron chi connectivity index (χ0n) is 11.1.